The maximum absolute atomic E-state index is 13.0. The number of hydrogen-bond donors (Lipinski definition) is 0. The Morgan fingerprint density at radius 1 is 1.22 bits per heavy atom. The number of carbonyl (C=O) groups is 2. The first-order valence-electron chi connectivity index (χ1n) is 10.7. The van der Waals surface area contributed by atoms with Gasteiger partial charge < -0.3 is 14.6 Å². The largest absolute Gasteiger partial charge is 0.368 e. The number of carbonyl (C=O) groups excluding carboxylic acids is 2. The molecule has 0 radical (unpaired) electrons. The van der Waals surface area contributed by atoms with Gasteiger partial charge in [-0.15, -0.1) is 0 Å². The fraction of sp³-hybridized carbons (Fsp3) is 0.435. The molecule has 1 amide bonds. The van der Waals surface area contributed by atoms with Crippen LogP contribution in [0.2, 0.25) is 0 Å². The number of benzene rings is 1. The van der Waals surface area contributed by atoms with Crippen molar-refractivity contribution in [3.8, 4) is 17.5 Å². The molecule has 1 unspecified atom stereocenters. The minimum atomic E-state index is -0.713. The van der Waals surface area contributed by atoms with Gasteiger partial charge in [-0.25, -0.2) is 14.4 Å². The smallest absolute Gasteiger partial charge is 0.236 e. The van der Waals surface area contributed by atoms with Crippen molar-refractivity contribution in [3.05, 3.63) is 42.5 Å². The lowest BCUT2D eigenvalue weighted by Crippen LogP contribution is -2.51. The number of halogens is 1. The van der Waals surface area contributed by atoms with Crippen LogP contribution in [0.5, 0.6) is 0 Å². The highest BCUT2D eigenvalue weighted by Crippen LogP contribution is 2.21. The molecule has 0 saturated carbocycles. The van der Waals surface area contributed by atoms with Crippen molar-refractivity contribution in [1.82, 2.24) is 19.8 Å². The second-order valence-electron chi connectivity index (χ2n) is 7.75. The summed E-state index contributed by atoms with van der Waals surface area (Å²) in [5.41, 5.74) is 1.85. The Morgan fingerprint density at radius 3 is 2.44 bits per heavy atom. The number of amides is 1. The number of anilines is 1. The van der Waals surface area contributed by atoms with Gasteiger partial charge in [-0.3, -0.25) is 9.69 Å². The van der Waals surface area contributed by atoms with E-state index in [1.54, 1.807) is 0 Å². The molecule has 1 atom stereocenters. The first kappa shape index (κ1) is 23.3. The lowest BCUT2D eigenvalue weighted by atomic mass is 10.1. The summed E-state index contributed by atoms with van der Waals surface area (Å²) in [4.78, 5) is 37.7. The van der Waals surface area contributed by atoms with Gasteiger partial charge in [0.1, 0.15) is 12.2 Å². The van der Waals surface area contributed by atoms with E-state index in [-0.39, 0.29) is 19.0 Å². The van der Waals surface area contributed by atoms with E-state index in [1.165, 1.54) is 0 Å². The Morgan fingerprint density at radius 2 is 1.88 bits per heavy atom. The van der Waals surface area contributed by atoms with Crippen LogP contribution in [-0.4, -0.2) is 77.8 Å². The minimum absolute atomic E-state index is 0.0181. The molecule has 1 saturated heterocycles. The highest BCUT2D eigenvalue weighted by atomic mass is 19.1. The second-order valence-corrected chi connectivity index (χ2v) is 7.75. The molecule has 3 rings (SSSR count). The van der Waals surface area contributed by atoms with Gasteiger partial charge in [0.05, 0.1) is 25.0 Å². The SMILES string of the molecule is CCCN(CC(=O)N1CCN(c2ccc(-c3ncc(F)cn3)cc2)CC1)CC(C#N)C=O. The van der Waals surface area contributed by atoms with E-state index in [2.05, 4.69) is 14.9 Å². The Bertz CT molecular complexity index is 936. The molecule has 1 aromatic carbocycles. The van der Waals surface area contributed by atoms with Gasteiger partial charge in [0, 0.05) is 44.0 Å². The number of aldehydes is 1. The van der Waals surface area contributed by atoms with Crippen LogP contribution in [0, 0.1) is 23.1 Å². The Balaban J connectivity index is 1.53. The van der Waals surface area contributed by atoms with Crippen molar-refractivity contribution >= 4 is 17.9 Å². The van der Waals surface area contributed by atoms with Crippen LogP contribution in [0.25, 0.3) is 11.4 Å². The highest BCUT2D eigenvalue weighted by Gasteiger charge is 2.24. The van der Waals surface area contributed by atoms with Crippen molar-refractivity contribution < 1.29 is 14.0 Å². The standard InChI is InChI=1S/C23H27FN6O2/c1-2-7-28(15-18(12-25)17-31)16-22(32)30-10-8-29(9-11-30)21-5-3-19(4-6-21)23-26-13-20(24)14-27-23/h3-6,13-14,17-18H,2,7-11,15-16H2,1H3. The van der Waals surface area contributed by atoms with Gasteiger partial charge in [-0.2, -0.15) is 5.26 Å². The summed E-state index contributed by atoms with van der Waals surface area (Å²) in [6.07, 6.45) is 3.78. The molecule has 1 fully saturated rings. The van der Waals surface area contributed by atoms with Crippen LogP contribution in [0.15, 0.2) is 36.7 Å². The molecule has 0 N–H and O–H groups in total. The fourth-order valence-corrected chi connectivity index (χ4v) is 3.73. The Labute approximate surface area is 187 Å². The van der Waals surface area contributed by atoms with E-state index >= 15 is 0 Å². The van der Waals surface area contributed by atoms with Crippen LogP contribution < -0.4 is 4.90 Å². The molecule has 2 heterocycles. The third-order valence-electron chi connectivity index (χ3n) is 5.43. The number of hydrogen-bond acceptors (Lipinski definition) is 7. The average Bonchev–Trinajstić information content (AvgIpc) is 2.83. The lowest BCUT2D eigenvalue weighted by molar-refractivity contribution is -0.133. The van der Waals surface area contributed by atoms with Crippen LogP contribution in [-0.2, 0) is 9.59 Å². The first-order valence-corrected chi connectivity index (χ1v) is 10.7. The van der Waals surface area contributed by atoms with E-state index < -0.39 is 11.7 Å². The average molecular weight is 439 g/mol. The number of rotatable bonds is 9. The van der Waals surface area contributed by atoms with Crippen molar-refractivity contribution in [3.63, 3.8) is 0 Å². The third kappa shape index (κ3) is 6.08. The minimum Gasteiger partial charge on any atom is -0.368 e. The van der Waals surface area contributed by atoms with Gasteiger partial charge >= 0.3 is 0 Å². The summed E-state index contributed by atoms with van der Waals surface area (Å²) < 4.78 is 13.0. The van der Waals surface area contributed by atoms with Crippen LogP contribution in [0.3, 0.4) is 0 Å². The summed E-state index contributed by atoms with van der Waals surface area (Å²) in [5, 5.41) is 9.03. The predicted octanol–water partition coefficient (Wildman–Crippen LogP) is 1.98. The molecule has 9 heteroatoms. The lowest BCUT2D eigenvalue weighted by Gasteiger charge is -2.37. The van der Waals surface area contributed by atoms with Gasteiger partial charge in [-0.1, -0.05) is 6.92 Å². The maximum atomic E-state index is 13.0. The summed E-state index contributed by atoms with van der Waals surface area (Å²) in [7, 11) is 0. The zero-order valence-electron chi connectivity index (χ0n) is 18.2. The van der Waals surface area contributed by atoms with Crippen LogP contribution in [0.4, 0.5) is 10.1 Å². The summed E-state index contributed by atoms with van der Waals surface area (Å²) in [5.74, 6) is -0.693. The first-order chi connectivity index (χ1) is 15.5. The normalized spacial score (nSPS) is 14.8. The second kappa shape index (κ2) is 11.3. The molecule has 1 aliphatic heterocycles. The molecule has 0 spiro atoms. The van der Waals surface area contributed by atoms with Crippen molar-refractivity contribution in [2.75, 3.05) is 50.7 Å². The Hall–Kier alpha value is -3.38. The molecule has 8 nitrogen and oxygen atoms in total. The topological polar surface area (TPSA) is 93.4 Å². The van der Waals surface area contributed by atoms with Crippen molar-refractivity contribution in [2.45, 2.75) is 13.3 Å². The van der Waals surface area contributed by atoms with Crippen molar-refractivity contribution in [1.29, 1.82) is 5.26 Å². The number of nitrogens with zero attached hydrogens (tertiary/aromatic N) is 6. The molecular formula is C23H27FN6O2. The van der Waals surface area contributed by atoms with Gasteiger partial charge in [0.15, 0.2) is 11.6 Å². The molecule has 1 aromatic heterocycles. The molecule has 0 bridgehead atoms. The maximum Gasteiger partial charge on any atom is 0.236 e. The van der Waals surface area contributed by atoms with Gasteiger partial charge in [0.25, 0.3) is 0 Å². The quantitative estimate of drug-likeness (QED) is 0.553. The van der Waals surface area contributed by atoms with Crippen LogP contribution >= 0.6 is 0 Å². The highest BCUT2D eigenvalue weighted by molar-refractivity contribution is 5.78. The van der Waals surface area contributed by atoms with E-state index in [0.717, 1.165) is 30.1 Å². The molecule has 0 aliphatic carbocycles. The monoisotopic (exact) mass is 438 g/mol. The van der Waals surface area contributed by atoms with E-state index in [4.69, 9.17) is 5.26 Å². The van der Waals surface area contributed by atoms with Gasteiger partial charge in [0.2, 0.25) is 5.91 Å². The van der Waals surface area contributed by atoms with E-state index in [9.17, 15) is 14.0 Å². The zero-order valence-corrected chi connectivity index (χ0v) is 18.2. The number of nitriles is 1. The number of aromatic nitrogens is 2. The third-order valence-corrected chi connectivity index (χ3v) is 5.43. The van der Waals surface area contributed by atoms with Gasteiger partial charge in [-0.05, 0) is 37.2 Å². The summed E-state index contributed by atoms with van der Waals surface area (Å²) in [6, 6.07) is 9.73. The summed E-state index contributed by atoms with van der Waals surface area (Å²) in [6.45, 7) is 5.81. The van der Waals surface area contributed by atoms with Crippen molar-refractivity contribution in [2.24, 2.45) is 5.92 Å². The fourth-order valence-electron chi connectivity index (χ4n) is 3.73. The van der Waals surface area contributed by atoms with E-state index in [1.807, 2.05) is 47.1 Å². The molecule has 168 valence electrons. The molecule has 1 aliphatic rings. The predicted molar refractivity (Wildman–Crippen MR) is 118 cm³/mol. The zero-order chi connectivity index (χ0) is 22.9. The van der Waals surface area contributed by atoms with E-state index in [0.29, 0.717) is 44.8 Å². The Kier molecular flexibility index (Phi) is 8.22. The molecular weight excluding hydrogens is 411 g/mol. The van der Waals surface area contributed by atoms with Crippen LogP contribution in [0.1, 0.15) is 13.3 Å². The molecule has 32 heavy (non-hydrogen) atoms. The summed E-state index contributed by atoms with van der Waals surface area (Å²) >= 11 is 0. The number of piperazine rings is 1. The molecule has 2 aromatic rings.